The molecule has 0 radical (unpaired) electrons. The van der Waals surface area contributed by atoms with Crippen LogP contribution in [0.2, 0.25) is 0 Å². The second-order valence-corrected chi connectivity index (χ2v) is 4.33. The van der Waals surface area contributed by atoms with Crippen molar-refractivity contribution in [2.75, 3.05) is 0 Å². The van der Waals surface area contributed by atoms with Crippen LogP contribution >= 0.6 is 0 Å². The first-order chi connectivity index (χ1) is 5.89. The SMILES string of the molecule is OC1C2c3ccccc3C3C1C23. The monoisotopic (exact) mass is 158 g/mol. The van der Waals surface area contributed by atoms with E-state index >= 15 is 0 Å². The fourth-order valence-electron chi connectivity index (χ4n) is 3.51. The first-order valence-electron chi connectivity index (χ1n) is 4.66. The van der Waals surface area contributed by atoms with E-state index in [-0.39, 0.29) is 6.10 Å². The summed E-state index contributed by atoms with van der Waals surface area (Å²) in [7, 11) is 0. The molecule has 2 saturated carbocycles. The van der Waals surface area contributed by atoms with Crippen molar-refractivity contribution in [2.24, 2.45) is 11.8 Å². The average molecular weight is 158 g/mol. The molecule has 0 spiro atoms. The Balaban J connectivity index is 2.00. The molecule has 3 aliphatic rings. The third-order valence-corrected chi connectivity index (χ3v) is 4.02. The quantitative estimate of drug-likeness (QED) is 0.606. The van der Waals surface area contributed by atoms with Crippen LogP contribution in [0.25, 0.3) is 0 Å². The molecule has 1 heteroatoms. The van der Waals surface area contributed by atoms with Gasteiger partial charge in [-0.05, 0) is 28.9 Å². The van der Waals surface area contributed by atoms with Gasteiger partial charge < -0.3 is 5.11 Å². The van der Waals surface area contributed by atoms with E-state index in [9.17, 15) is 5.11 Å². The Morgan fingerprint density at radius 1 is 0.917 bits per heavy atom. The van der Waals surface area contributed by atoms with Crippen molar-refractivity contribution in [1.82, 2.24) is 0 Å². The lowest BCUT2D eigenvalue weighted by molar-refractivity contribution is 0.0501. The van der Waals surface area contributed by atoms with Crippen molar-refractivity contribution >= 4 is 0 Å². The molecule has 2 fully saturated rings. The van der Waals surface area contributed by atoms with Crippen LogP contribution in [0.5, 0.6) is 0 Å². The third-order valence-electron chi connectivity index (χ3n) is 4.02. The van der Waals surface area contributed by atoms with Gasteiger partial charge in [-0.25, -0.2) is 0 Å². The Hall–Kier alpha value is -0.820. The molecule has 1 nitrogen and oxygen atoms in total. The van der Waals surface area contributed by atoms with Crippen LogP contribution in [-0.2, 0) is 0 Å². The Kier molecular flexibility index (Phi) is 0.705. The highest BCUT2D eigenvalue weighted by molar-refractivity contribution is 5.53. The zero-order chi connectivity index (χ0) is 7.87. The summed E-state index contributed by atoms with van der Waals surface area (Å²) in [6.07, 6.45) is -0.00472. The summed E-state index contributed by atoms with van der Waals surface area (Å²) in [5.74, 6) is 2.72. The van der Waals surface area contributed by atoms with E-state index in [1.165, 1.54) is 11.1 Å². The van der Waals surface area contributed by atoms with Crippen molar-refractivity contribution < 1.29 is 5.11 Å². The van der Waals surface area contributed by atoms with E-state index in [0.717, 1.165) is 11.8 Å². The van der Waals surface area contributed by atoms with E-state index in [1.54, 1.807) is 0 Å². The third kappa shape index (κ3) is 0.380. The summed E-state index contributed by atoms with van der Waals surface area (Å²) in [6.45, 7) is 0. The molecule has 0 amide bonds. The Morgan fingerprint density at radius 3 is 2.33 bits per heavy atom. The molecule has 1 N–H and O–H groups in total. The van der Waals surface area contributed by atoms with Crippen LogP contribution in [0.1, 0.15) is 23.0 Å². The maximum atomic E-state index is 9.70. The lowest BCUT2D eigenvalue weighted by Crippen LogP contribution is -2.33. The van der Waals surface area contributed by atoms with Gasteiger partial charge in [0.2, 0.25) is 0 Å². The number of hydrogen-bond acceptors (Lipinski definition) is 1. The van der Waals surface area contributed by atoms with Gasteiger partial charge in [0.25, 0.3) is 0 Å². The topological polar surface area (TPSA) is 20.2 Å². The summed E-state index contributed by atoms with van der Waals surface area (Å²) in [5, 5.41) is 9.70. The second kappa shape index (κ2) is 1.47. The number of benzene rings is 1. The van der Waals surface area contributed by atoms with Crippen LogP contribution in [-0.4, -0.2) is 11.2 Å². The molecule has 3 aliphatic carbocycles. The number of aliphatic hydroxyl groups is 1. The lowest BCUT2D eigenvalue weighted by Gasteiger charge is -2.33. The molecule has 1 aromatic carbocycles. The van der Waals surface area contributed by atoms with Gasteiger partial charge in [-0.1, -0.05) is 24.3 Å². The first-order valence-corrected chi connectivity index (χ1v) is 4.66. The molecule has 0 aromatic heterocycles. The van der Waals surface area contributed by atoms with Crippen LogP contribution in [0.15, 0.2) is 24.3 Å². The molecule has 0 aliphatic heterocycles. The van der Waals surface area contributed by atoms with Gasteiger partial charge in [0.05, 0.1) is 6.10 Å². The minimum atomic E-state index is -0.00472. The van der Waals surface area contributed by atoms with Crippen LogP contribution in [0, 0.1) is 11.8 Å². The van der Waals surface area contributed by atoms with Crippen LogP contribution < -0.4 is 0 Å². The molecular weight excluding hydrogens is 148 g/mol. The predicted octanol–water partition coefficient (Wildman–Crippen LogP) is 1.49. The first kappa shape index (κ1) is 5.76. The average Bonchev–Trinajstić information content (AvgIpc) is 2.68. The van der Waals surface area contributed by atoms with Gasteiger partial charge >= 0.3 is 0 Å². The van der Waals surface area contributed by atoms with Gasteiger partial charge in [-0.15, -0.1) is 0 Å². The van der Waals surface area contributed by atoms with E-state index in [1.807, 2.05) is 0 Å². The summed E-state index contributed by atoms with van der Waals surface area (Å²) < 4.78 is 0. The minimum Gasteiger partial charge on any atom is -0.392 e. The van der Waals surface area contributed by atoms with Gasteiger partial charge in [-0.2, -0.15) is 0 Å². The highest BCUT2D eigenvalue weighted by Crippen LogP contribution is 2.78. The predicted molar refractivity (Wildman–Crippen MR) is 44.9 cm³/mol. The molecule has 12 heavy (non-hydrogen) atoms. The molecule has 60 valence electrons. The maximum absolute atomic E-state index is 9.70. The number of aliphatic hydroxyl groups excluding tert-OH is 1. The Bertz CT molecular complexity index is 371. The van der Waals surface area contributed by atoms with Crippen molar-refractivity contribution in [3.8, 4) is 0 Å². The number of hydrogen-bond donors (Lipinski definition) is 1. The van der Waals surface area contributed by atoms with E-state index in [4.69, 9.17) is 0 Å². The van der Waals surface area contributed by atoms with Gasteiger partial charge in [0.15, 0.2) is 0 Å². The molecule has 5 atom stereocenters. The molecule has 0 saturated heterocycles. The van der Waals surface area contributed by atoms with Crippen molar-refractivity contribution in [1.29, 1.82) is 0 Å². The molecular formula is C11H10O. The largest absolute Gasteiger partial charge is 0.392 e. The second-order valence-electron chi connectivity index (χ2n) is 4.33. The van der Waals surface area contributed by atoms with Gasteiger partial charge in [-0.3, -0.25) is 0 Å². The minimum absolute atomic E-state index is 0.00472. The zero-order valence-corrected chi connectivity index (χ0v) is 6.64. The van der Waals surface area contributed by atoms with E-state index < -0.39 is 0 Å². The fraction of sp³-hybridized carbons (Fsp3) is 0.455. The fourth-order valence-corrected chi connectivity index (χ4v) is 3.51. The molecule has 4 rings (SSSR count). The van der Waals surface area contributed by atoms with E-state index in [0.29, 0.717) is 11.8 Å². The zero-order valence-electron chi connectivity index (χ0n) is 6.64. The van der Waals surface area contributed by atoms with Gasteiger partial charge in [0.1, 0.15) is 0 Å². The highest BCUT2D eigenvalue weighted by Gasteiger charge is 2.74. The summed E-state index contributed by atoms with van der Waals surface area (Å²) in [5.41, 5.74) is 2.96. The molecule has 0 heterocycles. The Labute approximate surface area is 71.0 Å². The van der Waals surface area contributed by atoms with Crippen molar-refractivity contribution in [3.05, 3.63) is 35.4 Å². The summed E-state index contributed by atoms with van der Waals surface area (Å²) >= 11 is 0. The standard InChI is InChI=1S/C11H10O/c12-11-8-6-4-2-1-3-5(6)7-9(8)10(7)11/h1-4,7-12H. The van der Waals surface area contributed by atoms with E-state index in [2.05, 4.69) is 24.3 Å². The molecule has 0 bridgehead atoms. The summed E-state index contributed by atoms with van der Waals surface area (Å²) in [4.78, 5) is 0. The number of rotatable bonds is 0. The van der Waals surface area contributed by atoms with Crippen molar-refractivity contribution in [3.63, 3.8) is 0 Å². The normalized spacial score (nSPS) is 50.9. The molecule has 1 aromatic rings. The van der Waals surface area contributed by atoms with Crippen LogP contribution in [0.4, 0.5) is 0 Å². The van der Waals surface area contributed by atoms with Crippen LogP contribution in [0.3, 0.4) is 0 Å². The van der Waals surface area contributed by atoms with Crippen molar-refractivity contribution in [2.45, 2.75) is 17.9 Å². The highest BCUT2D eigenvalue weighted by atomic mass is 16.3. The smallest absolute Gasteiger partial charge is 0.0649 e. The van der Waals surface area contributed by atoms with Gasteiger partial charge in [0, 0.05) is 5.92 Å². The Morgan fingerprint density at radius 2 is 1.58 bits per heavy atom. The molecule has 5 unspecified atom stereocenters. The number of fused-ring (bicyclic) bond motifs is 4. The summed E-state index contributed by atoms with van der Waals surface area (Å²) in [6, 6.07) is 8.62. The lowest BCUT2D eigenvalue weighted by atomic mass is 9.76. The maximum Gasteiger partial charge on any atom is 0.0649 e.